The molecule has 7 heteroatoms. The van der Waals surface area contributed by atoms with E-state index in [4.69, 9.17) is 16.7 Å². The third-order valence-electron chi connectivity index (χ3n) is 2.94. The highest BCUT2D eigenvalue weighted by molar-refractivity contribution is 7.10. The van der Waals surface area contributed by atoms with Gasteiger partial charge >= 0.3 is 5.97 Å². The molecule has 0 aliphatic rings. The maximum atomic E-state index is 12.2. The Hall–Kier alpha value is -1.92. The number of benzene rings is 1. The number of carbonyl (C=O) groups excluding carboxylic acids is 1. The molecule has 1 aromatic carbocycles. The molecule has 0 fully saturated rings. The lowest BCUT2D eigenvalue weighted by Gasteiger charge is -2.10. The predicted molar refractivity (Wildman–Crippen MR) is 82.3 cm³/mol. The van der Waals surface area contributed by atoms with Gasteiger partial charge in [-0.2, -0.15) is 0 Å². The van der Waals surface area contributed by atoms with Crippen LogP contribution in [0.15, 0.2) is 23.6 Å². The van der Waals surface area contributed by atoms with Gasteiger partial charge in [0.2, 0.25) is 5.91 Å². The number of thiazole rings is 1. The number of nitrogens with zero attached hydrogens (tertiary/aromatic N) is 1. The molecule has 1 heterocycles. The molecule has 2 rings (SSSR count). The highest BCUT2D eigenvalue weighted by Gasteiger charge is 2.20. The number of halogens is 1. The van der Waals surface area contributed by atoms with E-state index < -0.39 is 11.9 Å². The third kappa shape index (κ3) is 3.59. The van der Waals surface area contributed by atoms with Crippen molar-refractivity contribution in [1.29, 1.82) is 0 Å². The zero-order valence-corrected chi connectivity index (χ0v) is 13.0. The number of carboxylic acid groups (broad SMARTS) is 1. The average Bonchev–Trinajstić information content (AvgIpc) is 2.92. The Bertz CT molecular complexity index is 699. The van der Waals surface area contributed by atoms with E-state index in [0.29, 0.717) is 15.7 Å². The fourth-order valence-electron chi connectivity index (χ4n) is 1.62. The Balaban J connectivity index is 2.11. The molecule has 1 atom stereocenters. The number of amides is 1. The van der Waals surface area contributed by atoms with Gasteiger partial charge in [-0.05, 0) is 31.5 Å². The Morgan fingerprint density at radius 1 is 1.43 bits per heavy atom. The number of aromatic carboxylic acids is 1. The minimum atomic E-state index is -1.10. The zero-order chi connectivity index (χ0) is 15.6. The number of rotatable bonds is 4. The normalized spacial score (nSPS) is 12.0. The van der Waals surface area contributed by atoms with E-state index >= 15 is 0 Å². The minimum absolute atomic E-state index is 0.0481. The first-order chi connectivity index (χ1) is 9.88. The molecular formula is C14H13ClN2O3S. The summed E-state index contributed by atoms with van der Waals surface area (Å²) in [4.78, 5) is 26.9. The molecule has 0 radical (unpaired) electrons. The van der Waals surface area contributed by atoms with Crippen molar-refractivity contribution in [2.45, 2.75) is 19.8 Å². The van der Waals surface area contributed by atoms with Crippen LogP contribution >= 0.6 is 22.9 Å². The Morgan fingerprint density at radius 3 is 2.71 bits per heavy atom. The van der Waals surface area contributed by atoms with E-state index in [-0.39, 0.29) is 11.6 Å². The molecule has 0 aliphatic carbocycles. The quantitative estimate of drug-likeness (QED) is 0.901. The van der Waals surface area contributed by atoms with Crippen LogP contribution in [0.3, 0.4) is 0 Å². The van der Waals surface area contributed by atoms with E-state index in [1.54, 1.807) is 19.1 Å². The fraction of sp³-hybridized carbons (Fsp3) is 0.214. The molecule has 2 aromatic rings. The van der Waals surface area contributed by atoms with Gasteiger partial charge in [0, 0.05) is 16.1 Å². The second-order valence-electron chi connectivity index (χ2n) is 4.55. The van der Waals surface area contributed by atoms with Crippen molar-refractivity contribution in [3.63, 3.8) is 0 Å². The van der Waals surface area contributed by atoms with Crippen molar-refractivity contribution >= 4 is 40.5 Å². The van der Waals surface area contributed by atoms with Crippen LogP contribution in [0.25, 0.3) is 0 Å². The molecule has 1 unspecified atom stereocenters. The van der Waals surface area contributed by atoms with Crippen LogP contribution < -0.4 is 5.32 Å². The largest absolute Gasteiger partial charge is 0.476 e. The molecule has 5 nitrogen and oxygen atoms in total. The molecule has 110 valence electrons. The maximum Gasteiger partial charge on any atom is 0.355 e. The van der Waals surface area contributed by atoms with Crippen LogP contribution in [0.4, 0.5) is 5.69 Å². The first kappa shape index (κ1) is 15.5. The van der Waals surface area contributed by atoms with Crippen molar-refractivity contribution in [3.05, 3.63) is 44.9 Å². The summed E-state index contributed by atoms with van der Waals surface area (Å²) in [7, 11) is 0. The van der Waals surface area contributed by atoms with Crippen molar-refractivity contribution < 1.29 is 14.7 Å². The van der Waals surface area contributed by atoms with Crippen LogP contribution in [-0.2, 0) is 4.79 Å². The fourth-order valence-corrected chi connectivity index (χ4v) is 2.65. The lowest BCUT2D eigenvalue weighted by Crippen LogP contribution is -2.19. The van der Waals surface area contributed by atoms with E-state index in [0.717, 1.165) is 16.9 Å². The second-order valence-corrected chi connectivity index (χ2v) is 5.85. The van der Waals surface area contributed by atoms with Crippen LogP contribution in [-0.4, -0.2) is 22.0 Å². The van der Waals surface area contributed by atoms with Gasteiger partial charge in [0.15, 0.2) is 5.69 Å². The molecule has 0 spiro atoms. The van der Waals surface area contributed by atoms with Crippen molar-refractivity contribution in [3.8, 4) is 0 Å². The standard InChI is InChI=1S/C14H13ClN2O3S/c1-7-3-4-9(5-10(7)15)16-12(18)8(2)13-17-11(6-21-13)14(19)20/h3-6,8H,1-2H3,(H,16,18)(H,19,20). The van der Waals surface area contributed by atoms with E-state index in [1.165, 1.54) is 5.38 Å². The number of nitrogens with one attached hydrogen (secondary N) is 1. The van der Waals surface area contributed by atoms with E-state index in [1.807, 2.05) is 13.0 Å². The zero-order valence-electron chi connectivity index (χ0n) is 11.4. The van der Waals surface area contributed by atoms with Gasteiger partial charge in [-0.15, -0.1) is 11.3 Å². The summed E-state index contributed by atoms with van der Waals surface area (Å²) in [6, 6.07) is 5.25. The summed E-state index contributed by atoms with van der Waals surface area (Å²) in [6.07, 6.45) is 0. The van der Waals surface area contributed by atoms with E-state index in [2.05, 4.69) is 10.3 Å². The van der Waals surface area contributed by atoms with Gasteiger partial charge < -0.3 is 10.4 Å². The van der Waals surface area contributed by atoms with Gasteiger partial charge in [-0.1, -0.05) is 17.7 Å². The van der Waals surface area contributed by atoms with Gasteiger partial charge in [-0.25, -0.2) is 9.78 Å². The Morgan fingerprint density at radius 2 is 2.14 bits per heavy atom. The van der Waals surface area contributed by atoms with Crippen LogP contribution in [0, 0.1) is 6.92 Å². The number of hydrogen-bond acceptors (Lipinski definition) is 4. The average molecular weight is 325 g/mol. The van der Waals surface area contributed by atoms with Gasteiger partial charge in [0.25, 0.3) is 0 Å². The van der Waals surface area contributed by atoms with Crippen molar-refractivity contribution in [2.75, 3.05) is 5.32 Å². The summed E-state index contributed by atoms with van der Waals surface area (Å²) < 4.78 is 0. The van der Waals surface area contributed by atoms with Crippen LogP contribution in [0.1, 0.15) is 33.9 Å². The summed E-state index contributed by atoms with van der Waals surface area (Å²) in [5, 5.41) is 14.0. The Labute approximate surface area is 130 Å². The predicted octanol–water partition coefficient (Wildman–Crippen LogP) is 3.55. The Kier molecular flexibility index (Phi) is 4.59. The van der Waals surface area contributed by atoms with Crippen LogP contribution in [0.2, 0.25) is 5.02 Å². The number of aryl methyl sites for hydroxylation is 1. The molecule has 0 saturated heterocycles. The number of anilines is 1. The number of carbonyl (C=O) groups is 2. The summed E-state index contributed by atoms with van der Waals surface area (Å²) in [5.41, 5.74) is 1.47. The maximum absolute atomic E-state index is 12.2. The lowest BCUT2D eigenvalue weighted by atomic mass is 10.1. The highest BCUT2D eigenvalue weighted by atomic mass is 35.5. The molecule has 0 aliphatic heterocycles. The first-order valence-electron chi connectivity index (χ1n) is 6.14. The first-order valence-corrected chi connectivity index (χ1v) is 7.40. The van der Waals surface area contributed by atoms with E-state index in [9.17, 15) is 9.59 Å². The topological polar surface area (TPSA) is 79.3 Å². The minimum Gasteiger partial charge on any atom is -0.476 e. The number of hydrogen-bond donors (Lipinski definition) is 2. The highest BCUT2D eigenvalue weighted by Crippen LogP contribution is 2.24. The molecule has 21 heavy (non-hydrogen) atoms. The van der Waals surface area contributed by atoms with Gasteiger partial charge in [0.05, 0.1) is 5.92 Å². The van der Waals surface area contributed by atoms with Crippen molar-refractivity contribution in [2.24, 2.45) is 0 Å². The molecule has 0 saturated carbocycles. The van der Waals surface area contributed by atoms with Gasteiger partial charge in [0.1, 0.15) is 5.01 Å². The molecule has 2 N–H and O–H groups in total. The van der Waals surface area contributed by atoms with Crippen molar-refractivity contribution in [1.82, 2.24) is 4.98 Å². The molecule has 1 aromatic heterocycles. The second kappa shape index (κ2) is 6.24. The monoisotopic (exact) mass is 324 g/mol. The molecule has 1 amide bonds. The SMILES string of the molecule is Cc1ccc(NC(=O)C(C)c2nc(C(=O)O)cs2)cc1Cl. The number of carboxylic acids is 1. The smallest absolute Gasteiger partial charge is 0.355 e. The third-order valence-corrected chi connectivity index (χ3v) is 4.38. The summed E-state index contributed by atoms with van der Waals surface area (Å²) in [5.74, 6) is -1.90. The number of aromatic nitrogens is 1. The summed E-state index contributed by atoms with van der Waals surface area (Å²) in [6.45, 7) is 3.55. The lowest BCUT2D eigenvalue weighted by molar-refractivity contribution is -0.117. The van der Waals surface area contributed by atoms with Gasteiger partial charge in [-0.3, -0.25) is 4.79 Å². The molecular weight excluding hydrogens is 312 g/mol. The summed E-state index contributed by atoms with van der Waals surface area (Å²) >= 11 is 7.16. The molecule has 0 bridgehead atoms. The van der Waals surface area contributed by atoms with Crippen LogP contribution in [0.5, 0.6) is 0 Å².